The lowest BCUT2D eigenvalue weighted by atomic mass is 10.1. The predicted molar refractivity (Wildman–Crippen MR) is 69.4 cm³/mol. The standard InChI is InChI=1S/C12H21N5/c13-10-11-8-6-4-2-1-3-5-7-9-12(15-14)17-16-11/h1-9,14H2,(H,15,17)/b16-11+. The molecule has 0 unspecified atom stereocenters. The fraction of sp³-hybridized carbons (Fsp3) is 0.750. The van der Waals surface area contributed by atoms with Gasteiger partial charge in [0.05, 0.1) is 0 Å². The number of hydrogen-bond donors (Lipinski definition) is 2. The quantitative estimate of drug-likeness (QED) is 0.498. The van der Waals surface area contributed by atoms with Crippen LogP contribution in [0.25, 0.3) is 0 Å². The Hall–Kier alpha value is -1.57. The summed E-state index contributed by atoms with van der Waals surface area (Å²) in [5.74, 6) is 5.94. The average Bonchev–Trinajstić information content (AvgIpc) is 2.38. The van der Waals surface area contributed by atoms with E-state index in [-0.39, 0.29) is 0 Å². The van der Waals surface area contributed by atoms with Crippen molar-refractivity contribution < 1.29 is 0 Å². The summed E-state index contributed by atoms with van der Waals surface area (Å²) in [5.41, 5.74) is 3.33. The number of nitrogens with two attached hydrogens (primary N) is 1. The van der Waals surface area contributed by atoms with Gasteiger partial charge in [-0.1, -0.05) is 32.1 Å². The van der Waals surface area contributed by atoms with E-state index in [0.29, 0.717) is 11.5 Å². The van der Waals surface area contributed by atoms with Crippen LogP contribution in [0, 0.1) is 11.3 Å². The molecule has 0 aromatic heterocycles. The van der Waals surface area contributed by atoms with E-state index in [1.807, 2.05) is 0 Å². The number of hydrazone groups is 2. The highest BCUT2D eigenvalue weighted by atomic mass is 15.3. The first-order valence-corrected chi connectivity index (χ1v) is 6.36. The van der Waals surface area contributed by atoms with Crippen molar-refractivity contribution in [3.8, 4) is 6.07 Å². The number of hydrogen-bond acceptors (Lipinski definition) is 4. The van der Waals surface area contributed by atoms with Gasteiger partial charge in [0.2, 0.25) is 0 Å². The molecule has 0 atom stereocenters. The highest BCUT2D eigenvalue weighted by Gasteiger charge is 2.03. The molecule has 0 aromatic rings. The van der Waals surface area contributed by atoms with Crippen molar-refractivity contribution in [2.75, 3.05) is 0 Å². The molecule has 0 aromatic carbocycles. The zero-order chi connectivity index (χ0) is 12.3. The minimum absolute atomic E-state index is 0.533. The summed E-state index contributed by atoms with van der Waals surface area (Å²) in [5, 5.41) is 16.6. The number of nitrogens with zero attached hydrogens (tertiary/aromatic N) is 3. The molecule has 0 bridgehead atoms. The van der Waals surface area contributed by atoms with Crippen molar-refractivity contribution in [3.05, 3.63) is 0 Å². The minimum atomic E-state index is 0.533. The van der Waals surface area contributed by atoms with E-state index in [4.69, 9.17) is 11.1 Å². The Kier molecular flexibility index (Phi) is 6.80. The lowest BCUT2D eigenvalue weighted by Crippen LogP contribution is -2.21. The monoisotopic (exact) mass is 235 g/mol. The summed E-state index contributed by atoms with van der Waals surface area (Å²) < 4.78 is 0. The molecule has 1 aliphatic rings. The molecule has 1 heterocycles. The summed E-state index contributed by atoms with van der Waals surface area (Å²) in [4.78, 5) is 0. The van der Waals surface area contributed by atoms with Gasteiger partial charge < -0.3 is 5.84 Å². The number of nitriles is 1. The second-order valence-electron chi connectivity index (χ2n) is 4.33. The molecule has 0 saturated heterocycles. The second-order valence-corrected chi connectivity index (χ2v) is 4.33. The highest BCUT2D eigenvalue weighted by molar-refractivity contribution is 5.99. The smallest absolute Gasteiger partial charge is 0.142 e. The van der Waals surface area contributed by atoms with Gasteiger partial charge >= 0.3 is 0 Å². The molecule has 1 aliphatic heterocycles. The van der Waals surface area contributed by atoms with Crippen molar-refractivity contribution >= 4 is 11.5 Å². The van der Waals surface area contributed by atoms with Gasteiger partial charge in [-0.2, -0.15) is 15.5 Å². The van der Waals surface area contributed by atoms with Gasteiger partial charge in [0, 0.05) is 12.8 Å². The van der Waals surface area contributed by atoms with Gasteiger partial charge in [0.1, 0.15) is 17.6 Å². The molecule has 0 saturated carbocycles. The Morgan fingerprint density at radius 1 is 1.06 bits per heavy atom. The Balaban J connectivity index is 2.56. The first-order valence-electron chi connectivity index (χ1n) is 6.36. The Morgan fingerprint density at radius 2 is 1.65 bits per heavy atom. The van der Waals surface area contributed by atoms with Crippen LogP contribution in [-0.4, -0.2) is 11.5 Å². The zero-order valence-corrected chi connectivity index (χ0v) is 10.3. The van der Waals surface area contributed by atoms with Gasteiger partial charge in [-0.25, -0.2) is 0 Å². The van der Waals surface area contributed by atoms with E-state index < -0.39 is 0 Å². The molecule has 1 rings (SSSR count). The van der Waals surface area contributed by atoms with Crippen LogP contribution in [0.3, 0.4) is 0 Å². The van der Waals surface area contributed by atoms with E-state index >= 15 is 0 Å². The maximum absolute atomic E-state index is 8.92. The van der Waals surface area contributed by atoms with Crippen molar-refractivity contribution in [1.29, 1.82) is 5.26 Å². The van der Waals surface area contributed by atoms with Crippen LogP contribution in [0.15, 0.2) is 10.2 Å². The Bertz CT molecular complexity index is 313. The van der Waals surface area contributed by atoms with Crippen LogP contribution in [0.4, 0.5) is 0 Å². The molecule has 0 fully saturated rings. The van der Waals surface area contributed by atoms with Crippen LogP contribution >= 0.6 is 0 Å². The largest absolute Gasteiger partial charge is 0.322 e. The molecule has 0 amide bonds. The summed E-state index contributed by atoms with van der Waals surface area (Å²) in [6.07, 6.45) is 9.83. The summed E-state index contributed by atoms with van der Waals surface area (Å²) in [6.45, 7) is 0. The number of nitrogens with one attached hydrogen (secondary N) is 1. The summed E-state index contributed by atoms with van der Waals surface area (Å²) >= 11 is 0. The highest BCUT2D eigenvalue weighted by Crippen LogP contribution is 2.11. The van der Waals surface area contributed by atoms with Crippen LogP contribution in [0.5, 0.6) is 0 Å². The zero-order valence-electron chi connectivity index (χ0n) is 10.3. The molecule has 5 nitrogen and oxygen atoms in total. The van der Waals surface area contributed by atoms with Gasteiger partial charge in [-0.15, -0.1) is 0 Å². The van der Waals surface area contributed by atoms with Crippen molar-refractivity contribution in [1.82, 2.24) is 5.43 Å². The SMILES string of the molecule is N#C/C1=N/N/C(=N\N)CCCCCCCCC1. The van der Waals surface area contributed by atoms with E-state index in [9.17, 15) is 0 Å². The number of amidine groups is 1. The average molecular weight is 235 g/mol. The van der Waals surface area contributed by atoms with Gasteiger partial charge in [0.15, 0.2) is 0 Å². The topological polar surface area (TPSA) is 86.6 Å². The van der Waals surface area contributed by atoms with Gasteiger partial charge in [-0.05, 0) is 12.8 Å². The maximum atomic E-state index is 8.92. The molecule has 17 heavy (non-hydrogen) atoms. The van der Waals surface area contributed by atoms with Crippen molar-refractivity contribution in [2.24, 2.45) is 16.0 Å². The molecular weight excluding hydrogens is 214 g/mol. The summed E-state index contributed by atoms with van der Waals surface area (Å²) in [6, 6.07) is 2.11. The fourth-order valence-corrected chi connectivity index (χ4v) is 1.89. The van der Waals surface area contributed by atoms with Gasteiger partial charge in [0.25, 0.3) is 0 Å². The molecule has 94 valence electrons. The van der Waals surface area contributed by atoms with Crippen molar-refractivity contribution in [3.63, 3.8) is 0 Å². The predicted octanol–water partition coefficient (Wildman–Crippen LogP) is 2.25. The second kappa shape index (κ2) is 8.57. The third-order valence-corrected chi connectivity index (χ3v) is 2.93. The van der Waals surface area contributed by atoms with Crippen LogP contribution < -0.4 is 11.3 Å². The van der Waals surface area contributed by atoms with E-state index in [1.54, 1.807) is 0 Å². The van der Waals surface area contributed by atoms with Crippen LogP contribution in [-0.2, 0) is 0 Å². The van der Waals surface area contributed by atoms with Gasteiger partial charge in [-0.3, -0.25) is 5.43 Å². The normalized spacial score (nSPS) is 25.4. The first-order chi connectivity index (χ1) is 8.36. The molecular formula is C12H21N5. The molecule has 0 spiro atoms. The maximum Gasteiger partial charge on any atom is 0.142 e. The molecule has 5 heteroatoms. The third kappa shape index (κ3) is 5.91. The third-order valence-electron chi connectivity index (χ3n) is 2.93. The van der Waals surface area contributed by atoms with Crippen molar-refractivity contribution in [2.45, 2.75) is 57.8 Å². The Morgan fingerprint density at radius 3 is 2.24 bits per heavy atom. The first kappa shape index (κ1) is 13.5. The van der Waals surface area contributed by atoms with Crippen LogP contribution in [0.2, 0.25) is 0 Å². The molecule has 3 N–H and O–H groups in total. The lowest BCUT2D eigenvalue weighted by molar-refractivity contribution is 0.589. The van der Waals surface area contributed by atoms with Crippen LogP contribution in [0.1, 0.15) is 57.8 Å². The fourth-order valence-electron chi connectivity index (χ4n) is 1.89. The Labute approximate surface area is 103 Å². The summed E-state index contributed by atoms with van der Waals surface area (Å²) in [7, 11) is 0. The lowest BCUT2D eigenvalue weighted by Gasteiger charge is -2.04. The van der Waals surface area contributed by atoms with E-state index in [0.717, 1.165) is 25.7 Å². The van der Waals surface area contributed by atoms with E-state index in [1.165, 1.54) is 32.1 Å². The van der Waals surface area contributed by atoms with E-state index in [2.05, 4.69) is 21.7 Å². The molecule has 0 radical (unpaired) electrons. The minimum Gasteiger partial charge on any atom is -0.322 e. The molecule has 0 aliphatic carbocycles. The number of rotatable bonds is 0.